The van der Waals surface area contributed by atoms with Crippen LogP contribution in [0.4, 0.5) is 0 Å². The fourth-order valence-corrected chi connectivity index (χ4v) is 9.08. The van der Waals surface area contributed by atoms with Crippen molar-refractivity contribution >= 4 is 45.1 Å². The molecule has 0 saturated carbocycles. The SMILES string of the molecule is CC(C)P(CCNCCP(C(C)C)C(C)C)C(C)C.P.[Cl][Ru][Cl].[c-]1ccccc1.[c-]1ccccc1.[c-]1ccccc1. The summed E-state index contributed by atoms with van der Waals surface area (Å²) in [5.41, 5.74) is 3.50. The Bertz CT molecular complexity index is 636. The van der Waals surface area contributed by atoms with E-state index in [1.807, 2.05) is 91.0 Å². The quantitative estimate of drug-likeness (QED) is 0.0944. The molecule has 0 aliphatic heterocycles. The predicted molar refractivity (Wildman–Crippen MR) is 196 cm³/mol. The summed E-state index contributed by atoms with van der Waals surface area (Å²) >= 11 is -0.346. The molecule has 0 bridgehead atoms. The maximum atomic E-state index is 4.85. The molecule has 1 unspecified atom stereocenters. The van der Waals surface area contributed by atoms with Gasteiger partial charge in [0.2, 0.25) is 0 Å². The molecule has 236 valence electrons. The van der Waals surface area contributed by atoms with Gasteiger partial charge in [-0.25, -0.2) is 0 Å². The third kappa shape index (κ3) is 32.9. The molecule has 3 rings (SSSR count). The molecule has 0 fully saturated rings. The monoisotopic (exact) mass is 742 g/mol. The van der Waals surface area contributed by atoms with E-state index in [4.69, 9.17) is 19.4 Å². The van der Waals surface area contributed by atoms with Crippen molar-refractivity contribution in [2.45, 2.75) is 78.0 Å². The smallest absolute Gasteiger partial charge is 0.171 e. The molecule has 0 aliphatic carbocycles. The Balaban J connectivity index is -0.000000526. The third-order valence-corrected chi connectivity index (χ3v) is 12.4. The van der Waals surface area contributed by atoms with Crippen LogP contribution in [-0.4, -0.2) is 48.0 Å². The first kappa shape index (κ1) is 45.5. The second kappa shape index (κ2) is 34.6. The molecule has 1 atom stereocenters. The maximum absolute atomic E-state index is 4.85. The van der Waals surface area contributed by atoms with Crippen molar-refractivity contribution < 1.29 is 15.1 Å². The minimum atomic E-state index is -0.346. The van der Waals surface area contributed by atoms with Gasteiger partial charge in [0, 0.05) is 0 Å². The Morgan fingerprint density at radius 1 is 0.512 bits per heavy atom. The second-order valence-electron chi connectivity index (χ2n) is 9.88. The Labute approximate surface area is 276 Å². The van der Waals surface area contributed by atoms with Crippen LogP contribution in [0.15, 0.2) is 91.0 Å². The van der Waals surface area contributed by atoms with Gasteiger partial charge in [0.1, 0.15) is 0 Å². The number of nitrogens with one attached hydrogen (secondary N) is 1. The normalized spacial score (nSPS) is 10.0. The van der Waals surface area contributed by atoms with E-state index in [0.717, 1.165) is 22.6 Å². The summed E-state index contributed by atoms with van der Waals surface area (Å²) in [4.78, 5) is 0. The third-order valence-electron chi connectivity index (χ3n) is 5.57. The number of hydrogen-bond donors (Lipinski definition) is 1. The van der Waals surface area contributed by atoms with Gasteiger partial charge in [-0.1, -0.05) is 55.4 Å². The topological polar surface area (TPSA) is 12.0 Å². The van der Waals surface area contributed by atoms with E-state index in [0.29, 0.717) is 0 Å². The second-order valence-corrected chi connectivity index (χ2v) is 19.6. The average Bonchev–Trinajstić information content (AvgIpc) is 2.96. The average molecular weight is 743 g/mol. The van der Waals surface area contributed by atoms with Crippen LogP contribution in [0, 0.1) is 18.2 Å². The fraction of sp³-hybridized carbons (Fsp3) is 0.471. The zero-order chi connectivity index (χ0) is 30.4. The Hall–Kier alpha value is 0.113. The van der Waals surface area contributed by atoms with Crippen molar-refractivity contribution in [3.05, 3.63) is 109 Å². The first-order chi connectivity index (χ1) is 19.2. The van der Waals surface area contributed by atoms with E-state index >= 15 is 0 Å². The summed E-state index contributed by atoms with van der Waals surface area (Å²) < 4.78 is 0. The van der Waals surface area contributed by atoms with E-state index in [9.17, 15) is 0 Å². The van der Waals surface area contributed by atoms with Gasteiger partial charge >= 0.3 is 34.5 Å². The summed E-state index contributed by atoms with van der Waals surface area (Å²) in [5.74, 6) is 0. The van der Waals surface area contributed by atoms with E-state index < -0.39 is 0 Å². The van der Waals surface area contributed by atoms with Crippen LogP contribution in [0.25, 0.3) is 0 Å². The number of hydrogen-bond acceptors (Lipinski definition) is 1. The molecular formula is C34H55Cl2NP3Ru-3. The summed E-state index contributed by atoms with van der Waals surface area (Å²) in [7, 11) is 10.1. The number of benzene rings is 3. The Morgan fingerprint density at radius 3 is 0.854 bits per heavy atom. The molecule has 41 heavy (non-hydrogen) atoms. The molecule has 0 aliphatic rings. The van der Waals surface area contributed by atoms with Crippen LogP contribution >= 0.6 is 45.1 Å². The first-order valence-corrected chi connectivity index (χ1v) is 21.8. The minimum Gasteiger partial charge on any atom is -0.184 e. The minimum absolute atomic E-state index is 0. The van der Waals surface area contributed by atoms with Gasteiger partial charge in [0.25, 0.3) is 0 Å². The van der Waals surface area contributed by atoms with Gasteiger partial charge in [-0.2, -0.15) is 119 Å². The maximum Gasteiger partial charge on any atom is -0.171 e. The predicted octanol–water partition coefficient (Wildman–Crippen LogP) is 11.1. The molecule has 1 N–H and O–H groups in total. The molecule has 1 nitrogen and oxygen atoms in total. The van der Waals surface area contributed by atoms with Crippen molar-refractivity contribution in [3.8, 4) is 0 Å². The van der Waals surface area contributed by atoms with Crippen LogP contribution < -0.4 is 5.32 Å². The standard InChI is InChI=1S/C16H37NP2.3C6H5.2ClH.H3P.Ru/c1-13(2)18(14(3)4)11-9-17-10-12-19(15(5)6)16(7)8;3*1-2-4-6-5-3-1;;;;/h13-17H,9-12H2,1-8H3;3*1-5H;2*1H;1H3;/q;3*-1;;;;+2/p-2. The molecule has 0 radical (unpaired) electrons. The van der Waals surface area contributed by atoms with Crippen molar-refractivity contribution in [1.82, 2.24) is 5.32 Å². The van der Waals surface area contributed by atoms with Gasteiger partial charge in [-0.05, 0) is 48.0 Å². The van der Waals surface area contributed by atoms with Crippen LogP contribution in [0.1, 0.15) is 55.4 Å². The number of halogens is 2. The molecule has 7 heteroatoms. The summed E-state index contributed by atoms with van der Waals surface area (Å²) in [6.07, 6.45) is 2.79. The first-order valence-electron chi connectivity index (χ1n) is 14.0. The van der Waals surface area contributed by atoms with Crippen molar-refractivity contribution in [3.63, 3.8) is 0 Å². The van der Waals surface area contributed by atoms with Gasteiger partial charge < -0.3 is 5.32 Å². The number of rotatable bonds is 10. The van der Waals surface area contributed by atoms with E-state index in [1.165, 1.54) is 25.4 Å². The Morgan fingerprint density at radius 2 is 0.732 bits per heavy atom. The molecule has 0 saturated heterocycles. The van der Waals surface area contributed by atoms with Crippen LogP contribution in [0.5, 0.6) is 0 Å². The fourth-order valence-electron chi connectivity index (χ4n) is 3.79. The molecule has 3 aromatic rings. The molecule has 0 amide bonds. The van der Waals surface area contributed by atoms with Crippen molar-refractivity contribution in [2.24, 2.45) is 0 Å². The van der Waals surface area contributed by atoms with Gasteiger partial charge in [-0.3, -0.25) is 0 Å². The van der Waals surface area contributed by atoms with Crippen LogP contribution in [0.3, 0.4) is 0 Å². The van der Waals surface area contributed by atoms with E-state index in [-0.39, 0.29) is 40.9 Å². The van der Waals surface area contributed by atoms with E-state index in [2.05, 4.69) is 78.9 Å². The molecular weight excluding hydrogens is 687 g/mol. The van der Waals surface area contributed by atoms with Gasteiger partial charge in [-0.15, -0.1) is 15.8 Å². The zero-order valence-corrected chi connectivity index (χ0v) is 33.0. The van der Waals surface area contributed by atoms with Crippen LogP contribution in [-0.2, 0) is 15.1 Å². The van der Waals surface area contributed by atoms with Gasteiger partial charge in [0.15, 0.2) is 0 Å². The van der Waals surface area contributed by atoms with Crippen LogP contribution in [0.2, 0.25) is 0 Å². The molecule has 0 aromatic heterocycles. The summed E-state index contributed by atoms with van der Waals surface area (Å²) in [6.45, 7) is 21.6. The molecule has 0 spiro atoms. The molecule has 3 aromatic carbocycles. The summed E-state index contributed by atoms with van der Waals surface area (Å²) in [5, 5.41) is 3.70. The van der Waals surface area contributed by atoms with Crippen molar-refractivity contribution in [1.29, 1.82) is 0 Å². The molecule has 0 heterocycles. The Kier molecular flexibility index (Phi) is 38.4. The largest absolute Gasteiger partial charge is 0.184 e. The van der Waals surface area contributed by atoms with Crippen molar-refractivity contribution in [2.75, 3.05) is 25.4 Å². The van der Waals surface area contributed by atoms with E-state index in [1.54, 1.807) is 0 Å². The zero-order valence-electron chi connectivity index (χ0n) is 26.5. The van der Waals surface area contributed by atoms with Gasteiger partial charge in [0.05, 0.1) is 0 Å². The summed E-state index contributed by atoms with van der Waals surface area (Å²) in [6, 6.07) is 37.5.